The van der Waals surface area contributed by atoms with Crippen molar-refractivity contribution in [3.05, 3.63) is 23.3 Å². The molecule has 2 unspecified atom stereocenters. The molecule has 1 amide bonds. The van der Waals surface area contributed by atoms with E-state index in [1.54, 1.807) is 6.08 Å². The molecule has 0 aromatic carbocycles. The van der Waals surface area contributed by atoms with Gasteiger partial charge < -0.3 is 10.5 Å². The van der Waals surface area contributed by atoms with E-state index in [0.717, 1.165) is 50.5 Å². The number of esters is 1. The van der Waals surface area contributed by atoms with Crippen molar-refractivity contribution in [1.82, 2.24) is 0 Å². The van der Waals surface area contributed by atoms with Crippen LogP contribution in [0.4, 0.5) is 0 Å². The molecule has 6 heteroatoms. The number of nitrogens with two attached hydrogens (primary N) is 1. The summed E-state index contributed by atoms with van der Waals surface area (Å²) in [6, 6.07) is 0. The van der Waals surface area contributed by atoms with Crippen LogP contribution in [0.15, 0.2) is 23.3 Å². The van der Waals surface area contributed by atoms with Gasteiger partial charge in [0, 0.05) is 16.7 Å². The fraction of sp³-hybridized carbons (Fsp3) is 0.750. The van der Waals surface area contributed by atoms with Crippen LogP contribution in [0.1, 0.15) is 93.4 Å². The Balaban J connectivity index is 1.71. The molecule has 5 rings (SSSR count). The molecule has 0 aromatic heterocycles. The monoisotopic (exact) mass is 523 g/mol. The predicted molar refractivity (Wildman–Crippen MR) is 144 cm³/mol. The summed E-state index contributed by atoms with van der Waals surface area (Å²) in [7, 11) is 1.47. The molecule has 0 radical (unpaired) electrons. The Labute approximate surface area is 227 Å². The van der Waals surface area contributed by atoms with Crippen molar-refractivity contribution < 1.29 is 23.9 Å². The van der Waals surface area contributed by atoms with E-state index in [0.29, 0.717) is 0 Å². The summed E-state index contributed by atoms with van der Waals surface area (Å²) in [6.45, 7) is 15.0. The first kappa shape index (κ1) is 27.3. The normalized spacial score (nSPS) is 44.9. The number of ketones is 2. The van der Waals surface area contributed by atoms with Crippen LogP contribution in [0.25, 0.3) is 0 Å². The Morgan fingerprint density at radius 1 is 0.947 bits per heavy atom. The molecule has 5 aliphatic rings. The van der Waals surface area contributed by atoms with Gasteiger partial charge in [0.15, 0.2) is 11.6 Å². The van der Waals surface area contributed by atoms with Crippen LogP contribution in [0.3, 0.4) is 0 Å². The summed E-state index contributed by atoms with van der Waals surface area (Å²) >= 11 is 0. The number of fused-ring (bicyclic) bond motifs is 7. The molecule has 2 N–H and O–H groups in total. The first-order chi connectivity index (χ1) is 17.4. The van der Waals surface area contributed by atoms with E-state index in [1.165, 1.54) is 7.11 Å². The Kier molecular flexibility index (Phi) is 5.69. The molecule has 3 fully saturated rings. The maximum atomic E-state index is 14.4. The van der Waals surface area contributed by atoms with Crippen LogP contribution < -0.4 is 5.73 Å². The lowest BCUT2D eigenvalue weighted by atomic mass is 9.34. The number of ether oxygens (including phenoxy) is 1. The number of hydrogen-bond donors (Lipinski definition) is 1. The van der Waals surface area contributed by atoms with Crippen molar-refractivity contribution >= 4 is 23.4 Å². The van der Waals surface area contributed by atoms with Gasteiger partial charge in [0.2, 0.25) is 0 Å². The molecular formula is C32H45NO5. The maximum absolute atomic E-state index is 14.4. The Morgan fingerprint density at radius 2 is 1.58 bits per heavy atom. The first-order valence-corrected chi connectivity index (χ1v) is 14.3. The number of carbonyl (C=O) groups is 4. The third kappa shape index (κ3) is 3.18. The molecule has 0 bridgehead atoms. The molecule has 6 nitrogen and oxygen atoms in total. The van der Waals surface area contributed by atoms with Crippen molar-refractivity contribution in [1.29, 1.82) is 0 Å². The summed E-state index contributed by atoms with van der Waals surface area (Å²) in [5.74, 6) is -1.37. The van der Waals surface area contributed by atoms with Gasteiger partial charge >= 0.3 is 5.97 Å². The molecule has 208 valence electrons. The summed E-state index contributed by atoms with van der Waals surface area (Å²) in [6.07, 6.45) is 9.32. The second-order valence-corrected chi connectivity index (χ2v) is 15.2. The van der Waals surface area contributed by atoms with Crippen LogP contribution in [0.2, 0.25) is 0 Å². The van der Waals surface area contributed by atoms with Gasteiger partial charge in [0.05, 0.1) is 18.1 Å². The molecule has 7 atom stereocenters. The molecule has 3 saturated carbocycles. The zero-order valence-corrected chi connectivity index (χ0v) is 24.5. The van der Waals surface area contributed by atoms with Gasteiger partial charge in [0.1, 0.15) is 0 Å². The Hall–Kier alpha value is -2.24. The van der Waals surface area contributed by atoms with Gasteiger partial charge in [-0.3, -0.25) is 19.2 Å². The molecule has 5 aliphatic carbocycles. The second kappa shape index (κ2) is 7.91. The van der Waals surface area contributed by atoms with Crippen molar-refractivity contribution in [2.45, 2.75) is 93.4 Å². The van der Waals surface area contributed by atoms with E-state index >= 15 is 0 Å². The lowest BCUT2D eigenvalue weighted by molar-refractivity contribution is -0.191. The molecular weight excluding hydrogens is 478 g/mol. The third-order valence-corrected chi connectivity index (χ3v) is 12.6. The Morgan fingerprint density at radius 3 is 2.18 bits per heavy atom. The van der Waals surface area contributed by atoms with Gasteiger partial charge in [-0.1, -0.05) is 60.1 Å². The molecule has 0 aromatic rings. The number of primary amides is 1. The van der Waals surface area contributed by atoms with Crippen LogP contribution in [0, 0.1) is 50.2 Å². The van der Waals surface area contributed by atoms with E-state index in [4.69, 9.17) is 10.5 Å². The number of rotatable bonds is 2. The lowest BCUT2D eigenvalue weighted by Crippen LogP contribution is -2.66. The number of amides is 1. The third-order valence-electron chi connectivity index (χ3n) is 12.6. The van der Waals surface area contributed by atoms with Crippen molar-refractivity contribution in [3.63, 3.8) is 0 Å². The molecule has 0 aliphatic heterocycles. The minimum atomic E-state index is -0.767. The zero-order chi connectivity index (χ0) is 28.3. The SMILES string of the molecule is COC(=O)[C@]12CCC(C)(C)CC1C1C(=O)C=C3[C@@]4(C)C=C(C(N)=O)C(=O)C(C)(C)[C@@H]4CC[C@@]3(C)[C@]1(C)CC2. The van der Waals surface area contributed by atoms with Crippen LogP contribution in [-0.4, -0.2) is 30.6 Å². The number of Topliss-reactive ketones (excluding diaryl/α,β-unsaturated/α-hetero) is 1. The van der Waals surface area contributed by atoms with Crippen LogP contribution >= 0.6 is 0 Å². The smallest absolute Gasteiger partial charge is 0.312 e. The number of methoxy groups -OCH3 is 1. The van der Waals surface area contributed by atoms with Gasteiger partial charge in [-0.05, 0) is 79.1 Å². The highest BCUT2D eigenvalue weighted by Gasteiger charge is 2.71. The van der Waals surface area contributed by atoms with E-state index in [-0.39, 0.29) is 57.1 Å². The summed E-state index contributed by atoms with van der Waals surface area (Å²) < 4.78 is 5.40. The van der Waals surface area contributed by atoms with Crippen LogP contribution in [0.5, 0.6) is 0 Å². The summed E-state index contributed by atoms with van der Waals surface area (Å²) in [5.41, 5.74) is 4.14. The van der Waals surface area contributed by atoms with E-state index in [2.05, 4.69) is 34.6 Å². The number of carbonyl (C=O) groups excluding carboxylic acids is 4. The maximum Gasteiger partial charge on any atom is 0.312 e. The molecule has 0 heterocycles. The van der Waals surface area contributed by atoms with Crippen molar-refractivity contribution in [3.8, 4) is 0 Å². The minimum absolute atomic E-state index is 0.0377. The average Bonchev–Trinajstić information content (AvgIpc) is 2.82. The Bertz CT molecular complexity index is 1210. The highest BCUT2D eigenvalue weighted by Crippen LogP contribution is 2.74. The first-order valence-electron chi connectivity index (χ1n) is 14.3. The molecule has 38 heavy (non-hydrogen) atoms. The minimum Gasteiger partial charge on any atom is -0.469 e. The lowest BCUT2D eigenvalue weighted by Gasteiger charge is -2.68. The highest BCUT2D eigenvalue weighted by atomic mass is 16.5. The van der Waals surface area contributed by atoms with Crippen molar-refractivity contribution in [2.75, 3.05) is 7.11 Å². The predicted octanol–water partition coefficient (Wildman–Crippen LogP) is 5.34. The van der Waals surface area contributed by atoms with Gasteiger partial charge in [-0.15, -0.1) is 0 Å². The summed E-state index contributed by atoms with van der Waals surface area (Å²) in [5, 5.41) is 0. The standard InChI is InChI=1S/C32H45NO5/c1-27(2)11-13-32(26(37)38-8)14-12-31(7)23(19(32)17-27)20(34)15-22-29(5)16-18(25(33)36)24(35)28(3,4)21(29)9-10-30(22,31)6/h15-16,19,21,23H,9-14,17H2,1-8H3,(H2,33,36)/t19?,21-,23?,29-,30+,31+,32-/m0/s1. The number of allylic oxidation sites excluding steroid dienone is 3. The largest absolute Gasteiger partial charge is 0.469 e. The van der Waals surface area contributed by atoms with E-state index < -0.39 is 22.2 Å². The van der Waals surface area contributed by atoms with E-state index in [9.17, 15) is 19.2 Å². The van der Waals surface area contributed by atoms with Crippen molar-refractivity contribution in [2.24, 2.45) is 56.0 Å². The molecule has 0 spiro atoms. The quantitative estimate of drug-likeness (QED) is 0.389. The fourth-order valence-electron chi connectivity index (χ4n) is 10.3. The molecule has 0 saturated heterocycles. The van der Waals surface area contributed by atoms with Gasteiger partial charge in [-0.2, -0.15) is 0 Å². The van der Waals surface area contributed by atoms with E-state index in [1.807, 2.05) is 19.9 Å². The fourth-order valence-corrected chi connectivity index (χ4v) is 10.3. The average molecular weight is 524 g/mol. The zero-order valence-electron chi connectivity index (χ0n) is 24.5. The highest BCUT2D eigenvalue weighted by molar-refractivity contribution is 6.21. The van der Waals surface area contributed by atoms with Gasteiger partial charge in [-0.25, -0.2) is 0 Å². The summed E-state index contributed by atoms with van der Waals surface area (Å²) in [4.78, 5) is 53.5. The van der Waals surface area contributed by atoms with Gasteiger partial charge in [0.25, 0.3) is 5.91 Å². The second-order valence-electron chi connectivity index (χ2n) is 15.2. The number of hydrogen-bond acceptors (Lipinski definition) is 5. The van der Waals surface area contributed by atoms with Crippen LogP contribution in [-0.2, 0) is 23.9 Å². The topological polar surface area (TPSA) is 104 Å².